The summed E-state index contributed by atoms with van der Waals surface area (Å²) < 4.78 is 25.9. The number of nitriles is 1. The Morgan fingerprint density at radius 3 is 2.62 bits per heavy atom. The Labute approximate surface area is 82.4 Å². The average Bonchev–Trinajstić information content (AvgIpc) is 2.02. The highest BCUT2D eigenvalue weighted by molar-refractivity contribution is 9.10. The molecule has 0 aromatic heterocycles. The van der Waals surface area contributed by atoms with Crippen LogP contribution < -0.4 is 0 Å². The summed E-state index contributed by atoms with van der Waals surface area (Å²) in [6, 6.07) is 3.63. The molecule has 0 N–H and O–H groups in total. The van der Waals surface area contributed by atoms with Gasteiger partial charge in [0.25, 0.3) is 0 Å². The Kier molecular flexibility index (Phi) is 3.15. The Morgan fingerprint density at radius 2 is 2.08 bits per heavy atom. The van der Waals surface area contributed by atoms with Gasteiger partial charge in [-0.1, -0.05) is 0 Å². The molecule has 0 aliphatic rings. The van der Waals surface area contributed by atoms with E-state index in [2.05, 4.69) is 15.9 Å². The fourth-order valence-electron chi connectivity index (χ4n) is 0.833. The summed E-state index contributed by atoms with van der Waals surface area (Å²) in [5, 5.41) is 8.22. The highest BCUT2D eigenvalue weighted by Crippen LogP contribution is 2.22. The van der Waals surface area contributed by atoms with Crippen molar-refractivity contribution in [2.24, 2.45) is 0 Å². The highest BCUT2D eigenvalue weighted by Gasteiger charge is 2.05. The van der Waals surface area contributed by atoms with Crippen molar-refractivity contribution in [3.63, 3.8) is 0 Å². The van der Waals surface area contributed by atoms with Gasteiger partial charge in [0.1, 0.15) is 11.6 Å². The van der Waals surface area contributed by atoms with E-state index in [1.807, 2.05) is 0 Å². The Morgan fingerprint density at radius 1 is 1.38 bits per heavy atom. The van der Waals surface area contributed by atoms with Crippen LogP contribution in [0.25, 0.3) is 6.08 Å². The molecule has 0 fully saturated rings. The third-order valence-corrected chi connectivity index (χ3v) is 2.02. The van der Waals surface area contributed by atoms with Crippen LogP contribution in [0.4, 0.5) is 8.78 Å². The largest absolute Gasteiger partial charge is 0.207 e. The van der Waals surface area contributed by atoms with Gasteiger partial charge in [0.05, 0.1) is 6.07 Å². The van der Waals surface area contributed by atoms with E-state index in [-0.39, 0.29) is 10.0 Å². The average molecular weight is 244 g/mol. The standard InChI is InChI=1S/C9H4BrF2N/c10-8-4-6(11)5-9(12)7(8)2-1-3-13/h1-2,4-5H. The Hall–Kier alpha value is -1.21. The van der Waals surface area contributed by atoms with Crippen molar-refractivity contribution < 1.29 is 8.78 Å². The Balaban J connectivity index is 3.22. The number of benzene rings is 1. The van der Waals surface area contributed by atoms with Gasteiger partial charge in [0, 0.05) is 22.2 Å². The van der Waals surface area contributed by atoms with Crippen molar-refractivity contribution in [3.8, 4) is 6.07 Å². The monoisotopic (exact) mass is 243 g/mol. The van der Waals surface area contributed by atoms with Crippen LogP contribution in [-0.4, -0.2) is 0 Å². The van der Waals surface area contributed by atoms with E-state index in [9.17, 15) is 8.78 Å². The van der Waals surface area contributed by atoms with Crippen LogP contribution in [0, 0.1) is 23.0 Å². The molecule has 1 aromatic carbocycles. The molecule has 1 aromatic rings. The predicted octanol–water partition coefficient (Wildman–Crippen LogP) is 3.26. The first-order valence-corrected chi connectivity index (χ1v) is 4.15. The maximum atomic E-state index is 13.0. The van der Waals surface area contributed by atoms with E-state index in [0.29, 0.717) is 0 Å². The zero-order chi connectivity index (χ0) is 9.84. The second kappa shape index (κ2) is 4.15. The summed E-state index contributed by atoms with van der Waals surface area (Å²) in [5.41, 5.74) is 0.169. The molecule has 13 heavy (non-hydrogen) atoms. The van der Waals surface area contributed by atoms with Crippen LogP contribution in [0.15, 0.2) is 22.7 Å². The first kappa shape index (κ1) is 9.87. The first-order chi connectivity index (χ1) is 6.15. The van der Waals surface area contributed by atoms with Crippen LogP contribution in [0.3, 0.4) is 0 Å². The molecule has 0 bridgehead atoms. The second-order valence-corrected chi connectivity index (χ2v) is 3.10. The summed E-state index contributed by atoms with van der Waals surface area (Å²) >= 11 is 2.99. The molecule has 0 spiro atoms. The number of hydrogen-bond donors (Lipinski definition) is 0. The Bertz CT molecular complexity index is 370. The molecule has 0 unspecified atom stereocenters. The third kappa shape index (κ3) is 2.36. The number of halogens is 3. The van der Waals surface area contributed by atoms with E-state index < -0.39 is 11.6 Å². The van der Waals surface area contributed by atoms with Crippen LogP contribution >= 0.6 is 15.9 Å². The molecule has 1 nitrogen and oxygen atoms in total. The van der Waals surface area contributed by atoms with Crippen LogP contribution in [-0.2, 0) is 0 Å². The molecule has 0 radical (unpaired) electrons. The van der Waals surface area contributed by atoms with Crippen molar-refractivity contribution in [2.75, 3.05) is 0 Å². The summed E-state index contributed by atoms with van der Waals surface area (Å²) in [6.45, 7) is 0. The van der Waals surface area contributed by atoms with Gasteiger partial charge in [0.2, 0.25) is 0 Å². The molecule has 0 aliphatic heterocycles. The molecule has 66 valence electrons. The van der Waals surface area contributed by atoms with Crippen molar-refractivity contribution in [3.05, 3.63) is 39.9 Å². The zero-order valence-corrected chi connectivity index (χ0v) is 7.98. The lowest BCUT2D eigenvalue weighted by Crippen LogP contribution is -1.86. The van der Waals surface area contributed by atoms with Crippen molar-refractivity contribution in [2.45, 2.75) is 0 Å². The number of hydrogen-bond acceptors (Lipinski definition) is 1. The third-order valence-electron chi connectivity index (χ3n) is 1.37. The van der Waals surface area contributed by atoms with E-state index in [0.717, 1.165) is 18.2 Å². The molecule has 0 saturated carbocycles. The molecule has 0 aliphatic carbocycles. The fourth-order valence-corrected chi connectivity index (χ4v) is 1.37. The number of nitrogens with zero attached hydrogens (tertiary/aromatic N) is 1. The molecule has 0 saturated heterocycles. The molecule has 0 amide bonds. The van der Waals surface area contributed by atoms with Gasteiger partial charge in [-0.05, 0) is 28.1 Å². The number of allylic oxidation sites excluding steroid dienone is 1. The maximum absolute atomic E-state index is 13.0. The lowest BCUT2D eigenvalue weighted by atomic mass is 10.2. The van der Waals surface area contributed by atoms with Gasteiger partial charge in [-0.25, -0.2) is 8.78 Å². The maximum Gasteiger partial charge on any atom is 0.134 e. The number of rotatable bonds is 1. The van der Waals surface area contributed by atoms with Crippen LogP contribution in [0.1, 0.15) is 5.56 Å². The van der Waals surface area contributed by atoms with E-state index >= 15 is 0 Å². The van der Waals surface area contributed by atoms with Gasteiger partial charge in [0.15, 0.2) is 0 Å². The summed E-state index contributed by atoms with van der Waals surface area (Å²) in [7, 11) is 0. The first-order valence-electron chi connectivity index (χ1n) is 3.36. The summed E-state index contributed by atoms with van der Waals surface area (Å²) in [6.07, 6.45) is 2.40. The zero-order valence-electron chi connectivity index (χ0n) is 6.39. The predicted molar refractivity (Wildman–Crippen MR) is 48.7 cm³/mol. The van der Waals surface area contributed by atoms with Crippen LogP contribution in [0.2, 0.25) is 0 Å². The highest BCUT2D eigenvalue weighted by atomic mass is 79.9. The molecule has 1 rings (SSSR count). The van der Waals surface area contributed by atoms with Crippen molar-refractivity contribution in [1.82, 2.24) is 0 Å². The second-order valence-electron chi connectivity index (χ2n) is 2.25. The smallest absolute Gasteiger partial charge is 0.134 e. The van der Waals surface area contributed by atoms with Crippen molar-refractivity contribution >= 4 is 22.0 Å². The van der Waals surface area contributed by atoms with Crippen LogP contribution in [0.5, 0.6) is 0 Å². The van der Waals surface area contributed by atoms with Crippen molar-refractivity contribution in [1.29, 1.82) is 5.26 Å². The molecular formula is C9H4BrF2N. The van der Waals surface area contributed by atoms with Gasteiger partial charge >= 0.3 is 0 Å². The lowest BCUT2D eigenvalue weighted by molar-refractivity contribution is 0.580. The fraction of sp³-hybridized carbons (Fsp3) is 0. The van der Waals surface area contributed by atoms with E-state index in [1.165, 1.54) is 6.08 Å². The minimum absolute atomic E-state index is 0.169. The van der Waals surface area contributed by atoms with E-state index in [4.69, 9.17) is 5.26 Å². The quantitative estimate of drug-likeness (QED) is 0.695. The normalized spacial score (nSPS) is 10.3. The summed E-state index contributed by atoms with van der Waals surface area (Å²) in [4.78, 5) is 0. The van der Waals surface area contributed by atoms with Gasteiger partial charge < -0.3 is 0 Å². The van der Waals surface area contributed by atoms with Gasteiger partial charge in [-0.2, -0.15) is 5.26 Å². The van der Waals surface area contributed by atoms with Gasteiger partial charge in [-0.15, -0.1) is 0 Å². The molecule has 0 atom stereocenters. The topological polar surface area (TPSA) is 23.8 Å². The SMILES string of the molecule is N#CC=Cc1c(F)cc(F)cc1Br. The summed E-state index contributed by atoms with van der Waals surface area (Å²) in [5.74, 6) is -1.35. The van der Waals surface area contributed by atoms with Gasteiger partial charge in [-0.3, -0.25) is 0 Å². The molecule has 0 heterocycles. The minimum atomic E-state index is -0.696. The molecular weight excluding hydrogens is 240 g/mol. The van der Waals surface area contributed by atoms with E-state index in [1.54, 1.807) is 6.07 Å². The minimum Gasteiger partial charge on any atom is -0.207 e. The lowest BCUT2D eigenvalue weighted by Gasteiger charge is -1.99. The molecule has 4 heteroatoms.